The molecule has 1 amide bonds. The second-order valence-corrected chi connectivity index (χ2v) is 5.42. The van der Waals surface area contributed by atoms with Crippen LogP contribution >= 0.6 is 0 Å². The van der Waals surface area contributed by atoms with Gasteiger partial charge in [0.25, 0.3) is 0 Å². The number of carbonyl (C=O) groups is 1. The third kappa shape index (κ3) is 3.19. The Morgan fingerprint density at radius 2 is 2.18 bits per heavy atom. The molecule has 1 N–H and O–H groups in total. The highest BCUT2D eigenvalue weighted by Crippen LogP contribution is 2.26. The zero-order chi connectivity index (χ0) is 15.5. The molecule has 7 heteroatoms. The van der Waals surface area contributed by atoms with E-state index in [0.29, 0.717) is 18.2 Å². The van der Waals surface area contributed by atoms with Crippen LogP contribution in [0.25, 0.3) is 0 Å². The number of aryl methyl sites for hydroxylation is 1. The van der Waals surface area contributed by atoms with Gasteiger partial charge in [-0.25, -0.2) is 15.0 Å². The third-order valence-corrected chi connectivity index (χ3v) is 3.69. The average Bonchev–Trinajstić information content (AvgIpc) is 2.98. The fourth-order valence-electron chi connectivity index (χ4n) is 2.59. The van der Waals surface area contributed by atoms with Crippen LogP contribution in [0.1, 0.15) is 30.8 Å². The van der Waals surface area contributed by atoms with Gasteiger partial charge < -0.3 is 10.2 Å². The van der Waals surface area contributed by atoms with Crippen LogP contribution in [0.15, 0.2) is 24.7 Å². The standard InChI is InChI=1S/C15H18N6O/c1-10-7-13(19-14-8-16-4-5-17-14)20-15(18-10)12-3-6-21(9-12)11(2)22/h4-5,7-8,12H,3,6,9H2,1-2H3,(H,17,18,19,20)/t12-/m1/s1. The Balaban J connectivity index is 1.80. The predicted octanol–water partition coefficient (Wildman–Crippen LogP) is 1.65. The van der Waals surface area contributed by atoms with E-state index < -0.39 is 0 Å². The van der Waals surface area contributed by atoms with E-state index in [-0.39, 0.29) is 11.8 Å². The number of amides is 1. The van der Waals surface area contributed by atoms with Crippen LogP contribution in [0.5, 0.6) is 0 Å². The second-order valence-electron chi connectivity index (χ2n) is 5.42. The SMILES string of the molecule is CC(=O)N1CC[C@@H](c2nc(C)cc(Nc3cnccn3)n2)C1. The molecule has 1 aliphatic heterocycles. The number of nitrogens with zero attached hydrogens (tertiary/aromatic N) is 5. The lowest BCUT2D eigenvalue weighted by Crippen LogP contribution is -2.25. The van der Waals surface area contributed by atoms with E-state index in [9.17, 15) is 4.79 Å². The van der Waals surface area contributed by atoms with Gasteiger partial charge in [-0.05, 0) is 13.3 Å². The van der Waals surface area contributed by atoms with Crippen LogP contribution in [0.3, 0.4) is 0 Å². The largest absolute Gasteiger partial charge is 0.342 e. The monoisotopic (exact) mass is 298 g/mol. The van der Waals surface area contributed by atoms with Crippen molar-refractivity contribution in [3.8, 4) is 0 Å². The van der Waals surface area contributed by atoms with Gasteiger partial charge in [0.1, 0.15) is 17.5 Å². The molecule has 0 unspecified atom stereocenters. The Kier molecular flexibility index (Phi) is 3.95. The fraction of sp³-hybridized carbons (Fsp3) is 0.400. The first-order chi connectivity index (χ1) is 10.6. The van der Waals surface area contributed by atoms with Gasteiger partial charge in [0, 0.05) is 50.1 Å². The summed E-state index contributed by atoms with van der Waals surface area (Å²) in [5, 5.41) is 3.14. The number of likely N-dealkylation sites (tertiary alicyclic amines) is 1. The van der Waals surface area contributed by atoms with E-state index in [1.54, 1.807) is 25.5 Å². The molecule has 0 aromatic carbocycles. The molecule has 2 aromatic rings. The highest BCUT2D eigenvalue weighted by molar-refractivity contribution is 5.73. The summed E-state index contributed by atoms with van der Waals surface area (Å²) in [5.74, 6) is 2.40. The number of aromatic nitrogens is 4. The van der Waals surface area contributed by atoms with Crippen molar-refractivity contribution in [1.29, 1.82) is 0 Å². The van der Waals surface area contributed by atoms with Gasteiger partial charge in [-0.1, -0.05) is 0 Å². The molecule has 1 fully saturated rings. The topological polar surface area (TPSA) is 83.9 Å². The number of hydrogen-bond acceptors (Lipinski definition) is 6. The zero-order valence-electron chi connectivity index (χ0n) is 12.7. The normalized spacial score (nSPS) is 17.5. The van der Waals surface area contributed by atoms with Gasteiger partial charge in [-0.3, -0.25) is 9.78 Å². The van der Waals surface area contributed by atoms with Crippen molar-refractivity contribution in [2.75, 3.05) is 18.4 Å². The van der Waals surface area contributed by atoms with Gasteiger partial charge in [-0.15, -0.1) is 0 Å². The molecular formula is C15H18N6O. The van der Waals surface area contributed by atoms with Crippen molar-refractivity contribution in [3.63, 3.8) is 0 Å². The summed E-state index contributed by atoms with van der Waals surface area (Å²) >= 11 is 0. The Hall–Kier alpha value is -2.57. The lowest BCUT2D eigenvalue weighted by molar-refractivity contribution is -0.127. The van der Waals surface area contributed by atoms with Crippen molar-refractivity contribution in [2.45, 2.75) is 26.2 Å². The minimum absolute atomic E-state index is 0.105. The molecule has 1 aliphatic rings. The molecule has 0 aliphatic carbocycles. The first-order valence-electron chi connectivity index (χ1n) is 7.26. The third-order valence-electron chi connectivity index (χ3n) is 3.69. The van der Waals surface area contributed by atoms with E-state index in [1.807, 2.05) is 17.9 Å². The lowest BCUT2D eigenvalue weighted by atomic mass is 10.1. The highest BCUT2D eigenvalue weighted by Gasteiger charge is 2.27. The molecule has 22 heavy (non-hydrogen) atoms. The number of hydrogen-bond donors (Lipinski definition) is 1. The number of nitrogens with one attached hydrogen (secondary N) is 1. The van der Waals surface area contributed by atoms with E-state index in [1.165, 1.54) is 0 Å². The lowest BCUT2D eigenvalue weighted by Gasteiger charge is -2.14. The van der Waals surface area contributed by atoms with E-state index in [4.69, 9.17) is 0 Å². The van der Waals surface area contributed by atoms with Crippen LogP contribution in [0, 0.1) is 6.92 Å². The Labute approximate surface area is 128 Å². The summed E-state index contributed by atoms with van der Waals surface area (Å²) < 4.78 is 0. The average molecular weight is 298 g/mol. The van der Waals surface area contributed by atoms with Gasteiger partial charge in [0.2, 0.25) is 5.91 Å². The van der Waals surface area contributed by atoms with Crippen molar-refractivity contribution in [2.24, 2.45) is 0 Å². The van der Waals surface area contributed by atoms with Crippen molar-refractivity contribution < 1.29 is 4.79 Å². The second kappa shape index (κ2) is 6.05. The maximum absolute atomic E-state index is 11.5. The first kappa shape index (κ1) is 14.4. The molecule has 0 radical (unpaired) electrons. The Morgan fingerprint density at radius 1 is 1.32 bits per heavy atom. The number of carbonyl (C=O) groups excluding carboxylic acids is 1. The molecule has 7 nitrogen and oxygen atoms in total. The number of rotatable bonds is 3. The molecule has 1 saturated heterocycles. The summed E-state index contributed by atoms with van der Waals surface area (Å²) in [6, 6.07) is 1.87. The smallest absolute Gasteiger partial charge is 0.219 e. The van der Waals surface area contributed by atoms with Crippen LogP contribution in [0.4, 0.5) is 11.6 Å². The minimum atomic E-state index is 0.105. The van der Waals surface area contributed by atoms with Crippen LogP contribution < -0.4 is 5.32 Å². The summed E-state index contributed by atoms with van der Waals surface area (Å²) in [7, 11) is 0. The van der Waals surface area contributed by atoms with E-state index in [0.717, 1.165) is 24.5 Å². The van der Waals surface area contributed by atoms with Crippen LogP contribution in [0.2, 0.25) is 0 Å². The van der Waals surface area contributed by atoms with Gasteiger partial charge in [-0.2, -0.15) is 0 Å². The summed E-state index contributed by atoms with van der Waals surface area (Å²) in [6.45, 7) is 4.98. The molecule has 1 atom stereocenters. The molecule has 0 bridgehead atoms. The summed E-state index contributed by atoms with van der Waals surface area (Å²) in [4.78, 5) is 30.6. The molecular weight excluding hydrogens is 280 g/mol. The maximum Gasteiger partial charge on any atom is 0.219 e. The van der Waals surface area contributed by atoms with Gasteiger partial charge in [0.05, 0.1) is 6.20 Å². The minimum Gasteiger partial charge on any atom is -0.342 e. The molecule has 0 spiro atoms. The molecule has 114 valence electrons. The molecule has 3 rings (SSSR count). The summed E-state index contributed by atoms with van der Waals surface area (Å²) in [5.41, 5.74) is 0.887. The van der Waals surface area contributed by atoms with Gasteiger partial charge >= 0.3 is 0 Å². The maximum atomic E-state index is 11.5. The molecule has 2 aromatic heterocycles. The van der Waals surface area contributed by atoms with Gasteiger partial charge in [0.15, 0.2) is 0 Å². The predicted molar refractivity (Wildman–Crippen MR) is 81.7 cm³/mol. The summed E-state index contributed by atoms with van der Waals surface area (Å²) in [6.07, 6.45) is 5.79. The fourth-order valence-corrected chi connectivity index (χ4v) is 2.59. The van der Waals surface area contributed by atoms with E-state index in [2.05, 4.69) is 25.3 Å². The molecule has 3 heterocycles. The quantitative estimate of drug-likeness (QED) is 0.927. The number of anilines is 2. The van der Waals surface area contributed by atoms with Crippen molar-refractivity contribution >= 4 is 17.5 Å². The molecule has 0 saturated carbocycles. The van der Waals surface area contributed by atoms with Crippen LogP contribution in [-0.2, 0) is 4.79 Å². The van der Waals surface area contributed by atoms with E-state index >= 15 is 0 Å². The van der Waals surface area contributed by atoms with Crippen LogP contribution in [-0.4, -0.2) is 43.8 Å². The van der Waals surface area contributed by atoms with Crippen molar-refractivity contribution in [1.82, 2.24) is 24.8 Å². The Morgan fingerprint density at radius 3 is 2.86 bits per heavy atom. The Bertz CT molecular complexity index is 675. The first-order valence-corrected chi connectivity index (χ1v) is 7.26. The van der Waals surface area contributed by atoms with Crippen molar-refractivity contribution in [3.05, 3.63) is 36.2 Å². The zero-order valence-corrected chi connectivity index (χ0v) is 12.7. The highest BCUT2D eigenvalue weighted by atomic mass is 16.2.